The van der Waals surface area contributed by atoms with Gasteiger partial charge in [-0.05, 0) is 31.2 Å². The predicted molar refractivity (Wildman–Crippen MR) is 82.1 cm³/mol. The van der Waals surface area contributed by atoms with Crippen LogP contribution in [-0.2, 0) is 17.1 Å². The normalized spacial score (nSPS) is 11.9. The fourth-order valence-electron chi connectivity index (χ4n) is 1.83. The summed E-state index contributed by atoms with van der Waals surface area (Å²) in [5.74, 6) is -2.53. The Labute approximate surface area is 135 Å². The summed E-state index contributed by atoms with van der Waals surface area (Å²) in [4.78, 5) is 0.233. The lowest BCUT2D eigenvalue weighted by Crippen LogP contribution is -2.14. The van der Waals surface area contributed by atoms with Gasteiger partial charge >= 0.3 is 0 Å². The van der Waals surface area contributed by atoms with Crippen molar-refractivity contribution >= 4 is 39.1 Å². The number of rotatable bonds is 5. The van der Waals surface area contributed by atoms with E-state index in [1.807, 2.05) is 0 Å². The number of hydrogen-bond donors (Lipinski definition) is 1. The van der Waals surface area contributed by atoms with Crippen molar-refractivity contribution in [2.45, 2.75) is 22.5 Å². The zero-order chi connectivity index (χ0) is 16.5. The Balaban J connectivity index is 2.25. The monoisotopic (exact) mass is 367 g/mol. The second-order valence-electron chi connectivity index (χ2n) is 4.34. The highest BCUT2D eigenvalue weighted by molar-refractivity contribution is 7.99. The quantitative estimate of drug-likeness (QED) is 0.821. The number of halogens is 3. The fraction of sp³-hybridized carbons (Fsp3) is 0.250. The van der Waals surface area contributed by atoms with Crippen LogP contribution in [0.15, 0.2) is 34.1 Å². The van der Waals surface area contributed by atoms with Crippen molar-refractivity contribution in [2.24, 2.45) is 7.05 Å². The van der Waals surface area contributed by atoms with Crippen LogP contribution in [0.2, 0.25) is 5.15 Å². The largest absolute Gasteiger partial charge is 0.288 e. The van der Waals surface area contributed by atoms with E-state index in [0.717, 1.165) is 0 Å². The number of hydrogen-bond acceptors (Lipinski definition) is 4. The molecular weight excluding hydrogens is 356 g/mol. The third-order valence-corrected chi connectivity index (χ3v) is 5.50. The van der Waals surface area contributed by atoms with Gasteiger partial charge < -0.3 is 0 Å². The van der Waals surface area contributed by atoms with Crippen LogP contribution in [-0.4, -0.2) is 24.0 Å². The van der Waals surface area contributed by atoms with Gasteiger partial charge in [-0.3, -0.25) is 9.40 Å². The molecule has 5 nitrogen and oxygen atoms in total. The van der Waals surface area contributed by atoms with Gasteiger partial charge in [0.2, 0.25) is 0 Å². The molecule has 2 rings (SSSR count). The molecule has 10 heteroatoms. The maximum absolute atomic E-state index is 12.3. The zero-order valence-electron chi connectivity index (χ0n) is 11.5. The van der Waals surface area contributed by atoms with E-state index in [0.29, 0.717) is 16.7 Å². The topological polar surface area (TPSA) is 64.0 Å². The molecule has 0 aliphatic carbocycles. The van der Waals surface area contributed by atoms with Crippen LogP contribution in [0.25, 0.3) is 0 Å². The molecule has 2 aromatic rings. The molecule has 120 valence electrons. The maximum atomic E-state index is 12.3. The minimum atomic E-state index is -3.91. The Hall–Kier alpha value is -1.32. The van der Waals surface area contributed by atoms with Crippen molar-refractivity contribution in [2.75, 3.05) is 4.72 Å². The summed E-state index contributed by atoms with van der Waals surface area (Å²) in [5, 5.41) is 3.94. The maximum Gasteiger partial charge on any atom is 0.288 e. The van der Waals surface area contributed by atoms with E-state index in [1.165, 1.54) is 42.9 Å². The number of sulfonamides is 1. The van der Waals surface area contributed by atoms with Crippen LogP contribution in [0, 0.1) is 6.92 Å². The molecule has 1 aromatic carbocycles. The average molecular weight is 368 g/mol. The first-order valence-electron chi connectivity index (χ1n) is 5.97. The van der Waals surface area contributed by atoms with E-state index in [9.17, 15) is 17.2 Å². The van der Waals surface area contributed by atoms with Gasteiger partial charge in [-0.15, -0.1) is 0 Å². The number of alkyl halides is 2. The number of nitrogens with one attached hydrogen (secondary N) is 1. The molecule has 0 saturated heterocycles. The number of thioether (sulfide) groups is 1. The Morgan fingerprint density at radius 1 is 1.32 bits per heavy atom. The van der Waals surface area contributed by atoms with E-state index >= 15 is 0 Å². The van der Waals surface area contributed by atoms with Crippen LogP contribution >= 0.6 is 23.4 Å². The van der Waals surface area contributed by atoms with E-state index in [4.69, 9.17) is 11.6 Å². The molecule has 0 atom stereocenters. The number of nitrogens with zero attached hydrogens (tertiary/aromatic N) is 2. The Kier molecular flexibility index (Phi) is 4.98. The van der Waals surface area contributed by atoms with Gasteiger partial charge in [-0.25, -0.2) is 8.42 Å². The lowest BCUT2D eigenvalue weighted by atomic mass is 10.3. The van der Waals surface area contributed by atoms with Gasteiger partial charge in [-0.2, -0.15) is 13.9 Å². The summed E-state index contributed by atoms with van der Waals surface area (Å²) >= 11 is 6.33. The number of aromatic nitrogens is 2. The van der Waals surface area contributed by atoms with Gasteiger partial charge in [0.25, 0.3) is 15.8 Å². The molecule has 0 bridgehead atoms. The molecule has 1 heterocycles. The molecule has 0 amide bonds. The predicted octanol–water partition coefficient (Wildman–Crippen LogP) is 3.50. The minimum Gasteiger partial charge on any atom is -0.279 e. The van der Waals surface area contributed by atoms with Gasteiger partial charge in [-0.1, -0.05) is 23.4 Å². The van der Waals surface area contributed by atoms with Crippen LogP contribution in [0.3, 0.4) is 0 Å². The van der Waals surface area contributed by atoms with Gasteiger partial charge in [0.15, 0.2) is 0 Å². The highest BCUT2D eigenvalue weighted by Crippen LogP contribution is 2.29. The number of aryl methyl sites for hydroxylation is 2. The summed E-state index contributed by atoms with van der Waals surface area (Å²) in [6, 6.07) is 5.63. The SMILES string of the molecule is Cc1nn(C)c(Cl)c1S(=O)(=O)Nc1ccc(SC(F)F)cc1. The summed E-state index contributed by atoms with van der Waals surface area (Å²) in [6.07, 6.45) is 0. The third kappa shape index (κ3) is 3.71. The lowest BCUT2D eigenvalue weighted by Gasteiger charge is -2.08. The summed E-state index contributed by atoms with van der Waals surface area (Å²) < 4.78 is 52.8. The second-order valence-corrected chi connectivity index (χ2v) is 7.38. The summed E-state index contributed by atoms with van der Waals surface area (Å²) in [6.45, 7) is 1.53. The molecule has 0 saturated carbocycles. The van der Waals surface area contributed by atoms with E-state index in [2.05, 4.69) is 9.82 Å². The molecule has 0 unspecified atom stereocenters. The highest BCUT2D eigenvalue weighted by Gasteiger charge is 2.25. The van der Waals surface area contributed by atoms with Gasteiger partial charge in [0.1, 0.15) is 10.0 Å². The second kappa shape index (κ2) is 6.43. The Morgan fingerprint density at radius 2 is 1.91 bits per heavy atom. The Bertz CT molecular complexity index is 776. The average Bonchev–Trinajstić information content (AvgIpc) is 2.65. The smallest absolute Gasteiger partial charge is 0.279 e. The number of benzene rings is 1. The van der Waals surface area contributed by atoms with Crippen molar-refractivity contribution in [1.29, 1.82) is 0 Å². The summed E-state index contributed by atoms with van der Waals surface area (Å²) in [5.41, 5.74) is 0.516. The van der Waals surface area contributed by atoms with E-state index in [-0.39, 0.29) is 21.4 Å². The lowest BCUT2D eigenvalue weighted by molar-refractivity contribution is 0.252. The first-order chi connectivity index (χ1) is 10.2. The molecule has 0 aliphatic heterocycles. The van der Waals surface area contributed by atoms with Crippen molar-refractivity contribution in [3.63, 3.8) is 0 Å². The standard InChI is InChI=1S/C12H12ClF2N3O2S2/c1-7-10(11(13)18(2)16-7)22(19,20)17-8-3-5-9(6-4-8)21-12(14)15/h3-6,12,17H,1-2H3. The number of anilines is 1. The third-order valence-electron chi connectivity index (χ3n) is 2.70. The summed E-state index contributed by atoms with van der Waals surface area (Å²) in [7, 11) is -2.38. The van der Waals surface area contributed by atoms with Crippen LogP contribution in [0.1, 0.15) is 5.69 Å². The Morgan fingerprint density at radius 3 is 2.36 bits per heavy atom. The van der Waals surface area contributed by atoms with Gasteiger partial charge in [0.05, 0.1) is 5.69 Å². The molecular formula is C12H12ClF2N3O2S2. The highest BCUT2D eigenvalue weighted by atomic mass is 35.5. The molecule has 0 fully saturated rings. The molecule has 22 heavy (non-hydrogen) atoms. The zero-order valence-corrected chi connectivity index (χ0v) is 13.9. The molecule has 0 spiro atoms. The fourth-order valence-corrected chi connectivity index (χ4v) is 4.14. The van der Waals surface area contributed by atoms with E-state index < -0.39 is 15.8 Å². The molecule has 1 aromatic heterocycles. The first-order valence-corrected chi connectivity index (χ1v) is 8.71. The molecule has 0 radical (unpaired) electrons. The van der Waals surface area contributed by atoms with Crippen LogP contribution in [0.5, 0.6) is 0 Å². The van der Waals surface area contributed by atoms with Crippen molar-refractivity contribution < 1.29 is 17.2 Å². The molecule has 0 aliphatic rings. The van der Waals surface area contributed by atoms with Crippen molar-refractivity contribution in [3.8, 4) is 0 Å². The van der Waals surface area contributed by atoms with Crippen LogP contribution in [0.4, 0.5) is 14.5 Å². The van der Waals surface area contributed by atoms with Crippen molar-refractivity contribution in [1.82, 2.24) is 9.78 Å². The minimum absolute atomic E-state index is 0.00474. The molecule has 1 N–H and O–H groups in total. The van der Waals surface area contributed by atoms with Crippen LogP contribution < -0.4 is 4.72 Å². The van der Waals surface area contributed by atoms with E-state index in [1.54, 1.807) is 0 Å². The van der Waals surface area contributed by atoms with Gasteiger partial charge in [0, 0.05) is 17.6 Å². The van der Waals surface area contributed by atoms with Crippen molar-refractivity contribution in [3.05, 3.63) is 35.1 Å². The first kappa shape index (κ1) is 17.0.